The van der Waals surface area contributed by atoms with Crippen molar-refractivity contribution in [2.24, 2.45) is 0 Å². The molecule has 0 bridgehead atoms. The van der Waals surface area contributed by atoms with Crippen LogP contribution in [0.5, 0.6) is 5.75 Å². The highest BCUT2D eigenvalue weighted by atomic mass is 127. The van der Waals surface area contributed by atoms with Crippen LogP contribution in [0.25, 0.3) is 6.08 Å². The lowest BCUT2D eigenvalue weighted by atomic mass is 10.1. The molecule has 1 N–H and O–H groups in total. The third-order valence-electron chi connectivity index (χ3n) is 3.62. The number of nitriles is 1. The molecule has 0 heterocycles. The molecular formula is C20H18I2N2O2. The van der Waals surface area contributed by atoms with E-state index in [9.17, 15) is 10.1 Å². The Kier molecular flexibility index (Phi) is 7.46. The minimum Gasteiger partial charge on any atom is -0.492 e. The second-order valence-electron chi connectivity index (χ2n) is 5.69. The largest absolute Gasteiger partial charge is 0.492 e. The van der Waals surface area contributed by atoms with Crippen LogP contribution in [-0.4, -0.2) is 12.5 Å². The number of nitrogens with zero attached hydrogens (tertiary/aromatic N) is 1. The highest BCUT2D eigenvalue weighted by molar-refractivity contribution is 14.1. The lowest BCUT2D eigenvalue weighted by Crippen LogP contribution is -2.14. The van der Waals surface area contributed by atoms with Gasteiger partial charge in [0.25, 0.3) is 5.91 Å². The molecule has 0 aliphatic rings. The lowest BCUT2D eigenvalue weighted by Gasteiger charge is -2.10. The molecule has 0 radical (unpaired) electrons. The average molecular weight is 572 g/mol. The molecule has 0 aromatic heterocycles. The van der Waals surface area contributed by atoms with Crippen LogP contribution in [0.3, 0.4) is 0 Å². The van der Waals surface area contributed by atoms with Crippen LogP contribution in [0.4, 0.5) is 5.69 Å². The van der Waals surface area contributed by atoms with E-state index in [4.69, 9.17) is 4.74 Å². The van der Waals surface area contributed by atoms with Crippen molar-refractivity contribution in [2.45, 2.75) is 20.8 Å². The molecule has 1 amide bonds. The Morgan fingerprint density at radius 3 is 2.42 bits per heavy atom. The molecule has 26 heavy (non-hydrogen) atoms. The molecule has 0 aliphatic heterocycles. The van der Waals surface area contributed by atoms with Gasteiger partial charge < -0.3 is 10.1 Å². The van der Waals surface area contributed by atoms with Gasteiger partial charge in [-0.1, -0.05) is 17.7 Å². The fourth-order valence-electron chi connectivity index (χ4n) is 2.40. The SMILES string of the molecule is CCOc1c(I)cc(/C=C(\C#N)C(=O)Nc2ccc(C)cc2C)cc1I. The number of halogens is 2. The fourth-order valence-corrected chi connectivity index (χ4v) is 4.53. The zero-order valence-corrected chi connectivity index (χ0v) is 19.0. The van der Waals surface area contributed by atoms with Gasteiger partial charge in [-0.25, -0.2) is 0 Å². The first kappa shape index (κ1) is 20.7. The van der Waals surface area contributed by atoms with Crippen LogP contribution in [-0.2, 0) is 4.79 Å². The van der Waals surface area contributed by atoms with E-state index in [-0.39, 0.29) is 5.57 Å². The van der Waals surface area contributed by atoms with Crippen molar-refractivity contribution >= 4 is 62.9 Å². The van der Waals surface area contributed by atoms with Gasteiger partial charge in [0.1, 0.15) is 17.4 Å². The van der Waals surface area contributed by atoms with Crippen LogP contribution < -0.4 is 10.1 Å². The molecule has 0 unspecified atom stereocenters. The Hall–Kier alpha value is -1.60. The Morgan fingerprint density at radius 1 is 1.23 bits per heavy atom. The van der Waals surface area contributed by atoms with E-state index in [1.165, 1.54) is 0 Å². The summed E-state index contributed by atoms with van der Waals surface area (Å²) in [4.78, 5) is 12.5. The van der Waals surface area contributed by atoms with E-state index >= 15 is 0 Å². The highest BCUT2D eigenvalue weighted by Crippen LogP contribution is 2.30. The topological polar surface area (TPSA) is 62.1 Å². The first-order chi connectivity index (χ1) is 12.3. The number of hydrogen-bond donors (Lipinski definition) is 1. The van der Waals surface area contributed by atoms with Gasteiger partial charge in [-0.3, -0.25) is 4.79 Å². The number of benzene rings is 2. The number of rotatable bonds is 5. The Balaban J connectivity index is 2.30. The van der Waals surface area contributed by atoms with Gasteiger partial charge in [0.2, 0.25) is 0 Å². The number of aryl methyl sites for hydroxylation is 2. The first-order valence-corrected chi connectivity index (χ1v) is 10.1. The van der Waals surface area contributed by atoms with Crippen LogP contribution in [0, 0.1) is 32.3 Å². The summed E-state index contributed by atoms with van der Waals surface area (Å²) in [6, 6.07) is 11.6. The van der Waals surface area contributed by atoms with Gasteiger partial charge in [0, 0.05) is 5.69 Å². The van der Waals surface area contributed by atoms with E-state index in [0.717, 1.165) is 29.6 Å². The average Bonchev–Trinajstić information content (AvgIpc) is 2.58. The number of nitrogens with one attached hydrogen (secondary N) is 1. The van der Waals surface area contributed by atoms with Crippen molar-refractivity contribution in [3.63, 3.8) is 0 Å². The van der Waals surface area contributed by atoms with Crippen molar-refractivity contribution in [1.29, 1.82) is 5.26 Å². The van der Waals surface area contributed by atoms with Gasteiger partial charge >= 0.3 is 0 Å². The molecule has 2 aromatic rings. The second kappa shape index (κ2) is 9.37. The highest BCUT2D eigenvalue weighted by Gasteiger charge is 2.13. The van der Waals surface area contributed by atoms with E-state index in [2.05, 4.69) is 50.5 Å². The zero-order valence-electron chi connectivity index (χ0n) is 14.7. The molecule has 0 saturated heterocycles. The molecule has 0 spiro atoms. The standard InChI is InChI=1S/C20H18I2N2O2/c1-4-26-19-16(21)9-14(10-17(19)22)8-15(11-23)20(25)24-18-6-5-12(2)7-13(18)3/h5-10H,4H2,1-3H3,(H,24,25)/b15-8+. The van der Waals surface area contributed by atoms with Crippen LogP contribution in [0.2, 0.25) is 0 Å². The van der Waals surface area contributed by atoms with Crippen molar-refractivity contribution in [3.8, 4) is 11.8 Å². The third kappa shape index (κ3) is 5.20. The smallest absolute Gasteiger partial charge is 0.266 e. The Morgan fingerprint density at radius 2 is 1.88 bits per heavy atom. The number of hydrogen-bond acceptors (Lipinski definition) is 3. The molecule has 0 aliphatic carbocycles. The van der Waals surface area contributed by atoms with Gasteiger partial charge in [-0.2, -0.15) is 5.26 Å². The summed E-state index contributed by atoms with van der Waals surface area (Å²) < 4.78 is 7.50. The van der Waals surface area contributed by atoms with Crippen LogP contribution in [0.1, 0.15) is 23.6 Å². The van der Waals surface area contributed by atoms with Crippen molar-refractivity contribution in [1.82, 2.24) is 0 Å². The molecule has 2 rings (SSSR count). The maximum Gasteiger partial charge on any atom is 0.266 e. The number of anilines is 1. The van der Waals surface area contributed by atoms with Crippen molar-refractivity contribution in [2.75, 3.05) is 11.9 Å². The summed E-state index contributed by atoms with van der Waals surface area (Å²) in [6.07, 6.45) is 1.60. The minimum absolute atomic E-state index is 0.0562. The summed E-state index contributed by atoms with van der Waals surface area (Å²) in [5.41, 5.74) is 3.63. The predicted octanol–water partition coefficient (Wildman–Crippen LogP) is 5.46. The maximum absolute atomic E-state index is 12.5. The summed E-state index contributed by atoms with van der Waals surface area (Å²) in [5, 5.41) is 12.2. The number of amides is 1. The first-order valence-electron chi connectivity index (χ1n) is 7.98. The Bertz CT molecular complexity index is 892. The minimum atomic E-state index is -0.418. The van der Waals surface area contributed by atoms with E-state index in [0.29, 0.717) is 12.3 Å². The van der Waals surface area contributed by atoms with E-state index in [1.807, 2.05) is 57.2 Å². The van der Waals surface area contributed by atoms with Crippen LogP contribution in [0.15, 0.2) is 35.9 Å². The molecule has 0 saturated carbocycles. The van der Waals surface area contributed by atoms with Gasteiger partial charge in [-0.05, 0) is 101 Å². The third-order valence-corrected chi connectivity index (χ3v) is 5.22. The molecule has 6 heteroatoms. The Labute approximate surface area is 180 Å². The lowest BCUT2D eigenvalue weighted by molar-refractivity contribution is -0.112. The van der Waals surface area contributed by atoms with Gasteiger partial charge in [0.15, 0.2) is 0 Å². The molecular weight excluding hydrogens is 554 g/mol. The fraction of sp³-hybridized carbons (Fsp3) is 0.200. The number of carbonyl (C=O) groups is 1. The molecule has 134 valence electrons. The number of carbonyl (C=O) groups excluding carboxylic acids is 1. The normalized spacial score (nSPS) is 11.0. The summed E-state index contributed by atoms with van der Waals surface area (Å²) in [5.74, 6) is 0.405. The van der Waals surface area contributed by atoms with Crippen molar-refractivity contribution in [3.05, 3.63) is 59.7 Å². The summed E-state index contributed by atoms with van der Waals surface area (Å²) >= 11 is 4.39. The van der Waals surface area contributed by atoms with E-state index in [1.54, 1.807) is 6.08 Å². The maximum atomic E-state index is 12.5. The van der Waals surface area contributed by atoms with Crippen LogP contribution >= 0.6 is 45.2 Å². The summed E-state index contributed by atoms with van der Waals surface area (Å²) in [6.45, 7) is 6.44. The summed E-state index contributed by atoms with van der Waals surface area (Å²) in [7, 11) is 0. The van der Waals surface area contributed by atoms with Gasteiger partial charge in [0.05, 0.1) is 13.7 Å². The molecule has 4 nitrogen and oxygen atoms in total. The second-order valence-corrected chi connectivity index (χ2v) is 8.01. The predicted molar refractivity (Wildman–Crippen MR) is 121 cm³/mol. The molecule has 0 atom stereocenters. The zero-order chi connectivity index (χ0) is 19.3. The van der Waals surface area contributed by atoms with Crippen molar-refractivity contribution < 1.29 is 9.53 Å². The monoisotopic (exact) mass is 572 g/mol. The quantitative estimate of drug-likeness (QED) is 0.295. The molecule has 0 fully saturated rings. The molecule has 2 aromatic carbocycles. The van der Waals surface area contributed by atoms with E-state index < -0.39 is 5.91 Å². The number of ether oxygens (including phenoxy) is 1. The van der Waals surface area contributed by atoms with Gasteiger partial charge in [-0.15, -0.1) is 0 Å².